The Morgan fingerprint density at radius 1 is 1.29 bits per heavy atom. The highest BCUT2D eigenvalue weighted by Crippen LogP contribution is 2.17. The van der Waals surface area contributed by atoms with Crippen molar-refractivity contribution < 1.29 is 17.9 Å². The molecule has 0 N–H and O–H groups in total. The first-order chi connectivity index (χ1) is 7.89. The summed E-state index contributed by atoms with van der Waals surface area (Å²) in [6, 6.07) is 6.40. The van der Waals surface area contributed by atoms with E-state index >= 15 is 0 Å². The summed E-state index contributed by atoms with van der Waals surface area (Å²) in [5, 5.41) is -1.18. The third kappa shape index (κ3) is 3.06. The average molecular weight is 256 g/mol. The van der Waals surface area contributed by atoms with E-state index in [4.69, 9.17) is 4.74 Å². The lowest BCUT2D eigenvalue weighted by Crippen LogP contribution is -2.29. The molecule has 0 unspecified atom stereocenters. The van der Waals surface area contributed by atoms with Gasteiger partial charge in [-0.25, -0.2) is 8.42 Å². The van der Waals surface area contributed by atoms with Crippen LogP contribution in [0.25, 0.3) is 0 Å². The molecule has 0 spiro atoms. The van der Waals surface area contributed by atoms with E-state index in [0.717, 1.165) is 5.56 Å². The number of aryl methyl sites for hydroxylation is 1. The third-order valence-electron chi connectivity index (χ3n) is 2.43. The van der Waals surface area contributed by atoms with Crippen LogP contribution in [0.4, 0.5) is 0 Å². The molecule has 1 aromatic carbocycles. The number of hydrogen-bond donors (Lipinski definition) is 0. The lowest BCUT2D eigenvalue weighted by molar-refractivity contribution is -0.142. The molecule has 1 aromatic rings. The van der Waals surface area contributed by atoms with Gasteiger partial charge in [-0.1, -0.05) is 17.7 Å². The van der Waals surface area contributed by atoms with Gasteiger partial charge in [-0.15, -0.1) is 0 Å². The Labute approximate surface area is 102 Å². The molecule has 0 amide bonds. The Bertz CT molecular complexity index is 488. The van der Waals surface area contributed by atoms with Crippen LogP contribution in [0.3, 0.4) is 0 Å². The molecule has 0 aromatic heterocycles. The van der Waals surface area contributed by atoms with Crippen molar-refractivity contribution in [1.82, 2.24) is 0 Å². The van der Waals surface area contributed by atoms with E-state index in [2.05, 4.69) is 0 Å². The zero-order valence-corrected chi connectivity index (χ0v) is 11.0. The molecule has 0 aliphatic heterocycles. The number of carbonyl (C=O) groups excluding carboxylic acids is 1. The van der Waals surface area contributed by atoms with E-state index in [0.29, 0.717) is 0 Å². The molecule has 0 aliphatic rings. The fourth-order valence-electron chi connectivity index (χ4n) is 1.32. The van der Waals surface area contributed by atoms with Gasteiger partial charge in [-0.3, -0.25) is 4.79 Å². The Hall–Kier alpha value is -1.36. The molecule has 17 heavy (non-hydrogen) atoms. The van der Waals surface area contributed by atoms with Crippen molar-refractivity contribution in [3.63, 3.8) is 0 Å². The van der Waals surface area contributed by atoms with Gasteiger partial charge in [0.15, 0.2) is 15.1 Å². The van der Waals surface area contributed by atoms with Crippen molar-refractivity contribution in [3.05, 3.63) is 29.8 Å². The first kappa shape index (κ1) is 13.7. The molecule has 1 rings (SSSR count). The van der Waals surface area contributed by atoms with E-state index in [9.17, 15) is 13.2 Å². The highest BCUT2D eigenvalue weighted by Gasteiger charge is 2.30. The zero-order chi connectivity index (χ0) is 13.1. The van der Waals surface area contributed by atoms with E-state index in [1.165, 1.54) is 19.1 Å². The summed E-state index contributed by atoms with van der Waals surface area (Å²) in [5.41, 5.74) is 0.965. The second-order valence-electron chi connectivity index (χ2n) is 3.75. The average Bonchev–Trinajstić information content (AvgIpc) is 2.29. The smallest absolute Gasteiger partial charge is 0.324 e. The first-order valence-electron chi connectivity index (χ1n) is 5.36. The SMILES string of the molecule is CCOC(=O)[C@@H](C)S(=O)(=O)c1ccc(C)cc1. The van der Waals surface area contributed by atoms with Crippen LogP contribution in [0, 0.1) is 6.92 Å². The number of benzene rings is 1. The van der Waals surface area contributed by atoms with E-state index in [1.54, 1.807) is 19.1 Å². The fraction of sp³-hybridized carbons (Fsp3) is 0.417. The van der Waals surface area contributed by atoms with Crippen molar-refractivity contribution in [1.29, 1.82) is 0 Å². The van der Waals surface area contributed by atoms with Gasteiger partial charge in [-0.2, -0.15) is 0 Å². The van der Waals surface area contributed by atoms with Gasteiger partial charge in [-0.05, 0) is 32.9 Å². The van der Waals surface area contributed by atoms with Gasteiger partial charge in [0.05, 0.1) is 11.5 Å². The molecule has 0 saturated heterocycles. The first-order valence-corrected chi connectivity index (χ1v) is 6.91. The standard InChI is InChI=1S/C12H16O4S/c1-4-16-12(13)10(3)17(14,15)11-7-5-9(2)6-8-11/h5-8,10H,4H2,1-3H3/t10-/m1/s1. The van der Waals surface area contributed by atoms with E-state index in [-0.39, 0.29) is 11.5 Å². The van der Waals surface area contributed by atoms with Gasteiger partial charge in [0.1, 0.15) is 0 Å². The molecule has 0 saturated carbocycles. The maximum Gasteiger partial charge on any atom is 0.324 e. The maximum atomic E-state index is 12.1. The van der Waals surface area contributed by atoms with Gasteiger partial charge in [0.25, 0.3) is 0 Å². The van der Waals surface area contributed by atoms with Crippen molar-refractivity contribution in [3.8, 4) is 0 Å². The summed E-state index contributed by atoms with van der Waals surface area (Å²) in [5.74, 6) is -0.715. The largest absolute Gasteiger partial charge is 0.465 e. The molecule has 94 valence electrons. The molecule has 0 bridgehead atoms. The van der Waals surface area contributed by atoms with Crippen molar-refractivity contribution in [2.75, 3.05) is 6.61 Å². The molecule has 0 heterocycles. The molecule has 4 nitrogen and oxygen atoms in total. The van der Waals surface area contributed by atoms with Crippen LogP contribution in [0.5, 0.6) is 0 Å². The monoisotopic (exact) mass is 256 g/mol. The minimum absolute atomic E-state index is 0.142. The molecular weight excluding hydrogens is 240 g/mol. The summed E-state index contributed by atoms with van der Waals surface area (Å²) >= 11 is 0. The van der Waals surface area contributed by atoms with Gasteiger partial charge in [0.2, 0.25) is 0 Å². The molecular formula is C12H16O4S. The molecule has 0 radical (unpaired) electrons. The number of rotatable bonds is 4. The number of esters is 1. The van der Waals surface area contributed by atoms with Crippen LogP contribution in [0.2, 0.25) is 0 Å². The summed E-state index contributed by atoms with van der Waals surface area (Å²) in [6.07, 6.45) is 0. The van der Waals surface area contributed by atoms with Crippen LogP contribution in [0.15, 0.2) is 29.2 Å². The molecule has 0 aliphatic carbocycles. The van der Waals surface area contributed by atoms with Crippen molar-refractivity contribution in [2.24, 2.45) is 0 Å². The second-order valence-corrected chi connectivity index (χ2v) is 6.02. The Kier molecular flexibility index (Phi) is 4.28. The summed E-state index contributed by atoms with van der Waals surface area (Å²) in [4.78, 5) is 11.6. The van der Waals surface area contributed by atoms with Crippen LogP contribution < -0.4 is 0 Å². The highest BCUT2D eigenvalue weighted by atomic mass is 32.2. The number of hydrogen-bond acceptors (Lipinski definition) is 4. The number of carbonyl (C=O) groups is 1. The van der Waals surface area contributed by atoms with Crippen LogP contribution >= 0.6 is 0 Å². The lowest BCUT2D eigenvalue weighted by atomic mass is 10.2. The van der Waals surface area contributed by atoms with Gasteiger partial charge >= 0.3 is 5.97 Å². The topological polar surface area (TPSA) is 60.4 Å². The highest BCUT2D eigenvalue weighted by molar-refractivity contribution is 7.92. The lowest BCUT2D eigenvalue weighted by Gasteiger charge is -2.11. The van der Waals surface area contributed by atoms with Crippen molar-refractivity contribution in [2.45, 2.75) is 30.9 Å². The van der Waals surface area contributed by atoms with Crippen LogP contribution in [-0.4, -0.2) is 26.2 Å². The van der Waals surface area contributed by atoms with Gasteiger partial charge in [0, 0.05) is 0 Å². The van der Waals surface area contributed by atoms with Gasteiger partial charge < -0.3 is 4.74 Å². The second kappa shape index (κ2) is 5.31. The van der Waals surface area contributed by atoms with E-state index < -0.39 is 21.1 Å². The third-order valence-corrected chi connectivity index (χ3v) is 4.49. The normalized spacial score (nSPS) is 13.1. The summed E-state index contributed by atoms with van der Waals surface area (Å²) in [6.45, 7) is 5.02. The maximum absolute atomic E-state index is 12.1. The Morgan fingerprint density at radius 3 is 2.29 bits per heavy atom. The number of sulfone groups is 1. The van der Waals surface area contributed by atoms with Crippen LogP contribution in [-0.2, 0) is 19.4 Å². The number of ether oxygens (including phenoxy) is 1. The predicted molar refractivity (Wildman–Crippen MR) is 64.5 cm³/mol. The van der Waals surface area contributed by atoms with E-state index in [1.807, 2.05) is 6.92 Å². The Balaban J connectivity index is 3.03. The fourth-order valence-corrected chi connectivity index (χ4v) is 2.56. The minimum atomic E-state index is -3.65. The molecule has 1 atom stereocenters. The predicted octanol–water partition coefficient (Wildman–Crippen LogP) is 1.72. The minimum Gasteiger partial charge on any atom is -0.465 e. The van der Waals surface area contributed by atoms with Crippen molar-refractivity contribution >= 4 is 15.8 Å². The molecule has 0 fully saturated rings. The summed E-state index contributed by atoms with van der Waals surface area (Å²) < 4.78 is 28.8. The quantitative estimate of drug-likeness (QED) is 0.770. The van der Waals surface area contributed by atoms with Crippen LogP contribution in [0.1, 0.15) is 19.4 Å². The zero-order valence-electron chi connectivity index (χ0n) is 10.1. The molecule has 5 heteroatoms. The summed E-state index contributed by atoms with van der Waals surface area (Å²) in [7, 11) is -3.65. The Morgan fingerprint density at radius 2 is 1.82 bits per heavy atom.